The van der Waals surface area contributed by atoms with Crippen molar-refractivity contribution in [2.75, 3.05) is 0 Å². The minimum absolute atomic E-state index is 0.433. The zero-order valence-corrected chi connectivity index (χ0v) is 12.8. The van der Waals surface area contributed by atoms with E-state index in [-0.39, 0.29) is 0 Å². The number of nitrogens with one attached hydrogen (secondary N) is 2. The van der Waals surface area contributed by atoms with Crippen molar-refractivity contribution in [2.24, 2.45) is 5.73 Å². The molecule has 0 saturated heterocycles. The van der Waals surface area contributed by atoms with Gasteiger partial charge >= 0.3 is 0 Å². The van der Waals surface area contributed by atoms with Gasteiger partial charge in [-0.25, -0.2) is 0 Å². The lowest BCUT2D eigenvalue weighted by Crippen LogP contribution is -2.38. The Balaban J connectivity index is 1.34. The molecule has 2 aliphatic rings. The number of nitrogens with zero attached hydrogens (tertiary/aromatic N) is 1. The first-order valence-electron chi connectivity index (χ1n) is 8.41. The Morgan fingerprint density at radius 1 is 1.05 bits per heavy atom. The Kier molecular flexibility index (Phi) is 3.72. The van der Waals surface area contributed by atoms with Gasteiger partial charge in [-0.1, -0.05) is 24.3 Å². The van der Waals surface area contributed by atoms with Crippen LogP contribution in [0.1, 0.15) is 43.6 Å². The first-order chi connectivity index (χ1) is 10.8. The maximum Gasteiger partial charge on any atom is 0.0650 e. The summed E-state index contributed by atoms with van der Waals surface area (Å²) in [5.41, 5.74) is 9.71. The van der Waals surface area contributed by atoms with E-state index in [0.717, 1.165) is 5.69 Å². The molecule has 1 aromatic carbocycles. The number of hydrogen-bond acceptors (Lipinski definition) is 3. The zero-order valence-electron chi connectivity index (χ0n) is 12.8. The van der Waals surface area contributed by atoms with Crippen molar-refractivity contribution in [2.45, 2.75) is 56.1 Å². The van der Waals surface area contributed by atoms with Crippen LogP contribution in [0.5, 0.6) is 0 Å². The number of benzene rings is 1. The number of hydrogen-bond donors (Lipinski definition) is 3. The van der Waals surface area contributed by atoms with Gasteiger partial charge < -0.3 is 11.1 Å². The fourth-order valence-corrected chi connectivity index (χ4v) is 3.66. The molecule has 1 unspecified atom stereocenters. The highest BCUT2D eigenvalue weighted by molar-refractivity contribution is 5.59. The van der Waals surface area contributed by atoms with Crippen LogP contribution in [-0.4, -0.2) is 28.3 Å². The number of rotatable bonds is 4. The van der Waals surface area contributed by atoms with Crippen LogP contribution in [0.3, 0.4) is 0 Å². The molecule has 4 heteroatoms. The second kappa shape index (κ2) is 5.86. The van der Waals surface area contributed by atoms with Crippen LogP contribution in [-0.2, 0) is 0 Å². The summed E-state index contributed by atoms with van der Waals surface area (Å²) < 4.78 is 0. The maximum absolute atomic E-state index is 5.98. The molecule has 2 atom stereocenters. The third-order valence-electron chi connectivity index (χ3n) is 5.16. The minimum Gasteiger partial charge on any atom is -0.328 e. The average Bonchev–Trinajstić information content (AvgIpc) is 3.09. The molecule has 0 spiro atoms. The van der Waals surface area contributed by atoms with Crippen molar-refractivity contribution in [3.05, 3.63) is 42.1 Å². The molecule has 0 bridgehead atoms. The Bertz CT molecular complexity index is 597. The van der Waals surface area contributed by atoms with Crippen LogP contribution in [0.2, 0.25) is 0 Å². The van der Waals surface area contributed by atoms with Crippen LogP contribution in [0.25, 0.3) is 11.3 Å². The minimum atomic E-state index is 0.433. The molecule has 22 heavy (non-hydrogen) atoms. The Hall–Kier alpha value is -1.65. The second-order valence-corrected chi connectivity index (χ2v) is 6.82. The van der Waals surface area contributed by atoms with Crippen molar-refractivity contribution in [3.8, 4) is 11.3 Å². The van der Waals surface area contributed by atoms with Crippen LogP contribution < -0.4 is 11.1 Å². The zero-order chi connectivity index (χ0) is 14.9. The quantitative estimate of drug-likeness (QED) is 0.813. The number of aromatic amines is 1. The van der Waals surface area contributed by atoms with Crippen LogP contribution in [0.15, 0.2) is 36.5 Å². The molecule has 1 heterocycles. The largest absolute Gasteiger partial charge is 0.328 e. The van der Waals surface area contributed by atoms with Gasteiger partial charge in [-0.2, -0.15) is 5.10 Å². The average molecular weight is 296 g/mol. The molecule has 0 amide bonds. The monoisotopic (exact) mass is 296 g/mol. The lowest BCUT2D eigenvalue weighted by molar-refractivity contribution is 0.339. The molecule has 1 aromatic heterocycles. The molecule has 4 N–H and O–H groups in total. The first-order valence-corrected chi connectivity index (χ1v) is 8.41. The molecule has 4 nitrogen and oxygen atoms in total. The summed E-state index contributed by atoms with van der Waals surface area (Å²) in [6.07, 6.45) is 7.89. The van der Waals surface area contributed by atoms with Gasteiger partial charge in [0.2, 0.25) is 0 Å². The van der Waals surface area contributed by atoms with E-state index >= 15 is 0 Å². The van der Waals surface area contributed by atoms with E-state index in [2.05, 4.69) is 39.8 Å². The summed E-state index contributed by atoms with van der Waals surface area (Å²) in [4.78, 5) is 0. The number of nitrogens with two attached hydrogens (primary N) is 1. The summed E-state index contributed by atoms with van der Waals surface area (Å²) in [6, 6.07) is 12.7. The molecule has 116 valence electrons. The van der Waals surface area contributed by atoms with Gasteiger partial charge in [0.25, 0.3) is 0 Å². The van der Waals surface area contributed by atoms with Crippen molar-refractivity contribution in [1.82, 2.24) is 15.5 Å². The third-order valence-corrected chi connectivity index (χ3v) is 5.16. The van der Waals surface area contributed by atoms with Crippen LogP contribution >= 0.6 is 0 Å². The summed E-state index contributed by atoms with van der Waals surface area (Å²) in [6.45, 7) is 0. The molecular weight excluding hydrogens is 272 g/mol. The second-order valence-electron chi connectivity index (χ2n) is 6.82. The Labute approximate surface area is 131 Å². The predicted molar refractivity (Wildman–Crippen MR) is 88.5 cm³/mol. The van der Waals surface area contributed by atoms with Crippen molar-refractivity contribution in [3.63, 3.8) is 0 Å². The highest BCUT2D eigenvalue weighted by Gasteiger charge is 2.39. The van der Waals surface area contributed by atoms with E-state index in [0.29, 0.717) is 24.0 Å². The Morgan fingerprint density at radius 3 is 2.50 bits per heavy atom. The van der Waals surface area contributed by atoms with Gasteiger partial charge in [0.15, 0.2) is 0 Å². The maximum atomic E-state index is 5.98. The van der Waals surface area contributed by atoms with Gasteiger partial charge in [-0.15, -0.1) is 0 Å². The highest BCUT2D eigenvalue weighted by atomic mass is 15.1. The SMILES string of the molecule is N[C@H]1CC[C@@H](NC2C[C@H]2c2ccc(-c3ccn[nH]3)cc2)CC1. The summed E-state index contributed by atoms with van der Waals surface area (Å²) in [5.74, 6) is 0.686. The van der Waals surface area contributed by atoms with E-state index in [1.165, 1.54) is 43.2 Å². The number of aromatic nitrogens is 2. The molecule has 4 rings (SSSR count). The van der Waals surface area contributed by atoms with Gasteiger partial charge in [0.1, 0.15) is 0 Å². The van der Waals surface area contributed by atoms with E-state index in [4.69, 9.17) is 5.73 Å². The van der Waals surface area contributed by atoms with Crippen molar-refractivity contribution in [1.29, 1.82) is 0 Å². The molecular formula is C18H24N4. The molecule has 0 radical (unpaired) electrons. The molecule has 2 aliphatic carbocycles. The van der Waals surface area contributed by atoms with Crippen molar-refractivity contribution < 1.29 is 0 Å². The lowest BCUT2D eigenvalue weighted by atomic mass is 9.92. The van der Waals surface area contributed by atoms with E-state index in [1.54, 1.807) is 6.20 Å². The highest BCUT2D eigenvalue weighted by Crippen LogP contribution is 2.42. The summed E-state index contributed by atoms with van der Waals surface area (Å²) >= 11 is 0. The summed E-state index contributed by atoms with van der Waals surface area (Å²) in [7, 11) is 0. The lowest BCUT2D eigenvalue weighted by Gasteiger charge is -2.27. The topological polar surface area (TPSA) is 66.7 Å². The molecule has 2 fully saturated rings. The van der Waals surface area contributed by atoms with Gasteiger partial charge in [-0.3, -0.25) is 5.10 Å². The molecule has 0 aliphatic heterocycles. The van der Waals surface area contributed by atoms with Crippen LogP contribution in [0.4, 0.5) is 0 Å². The number of H-pyrrole nitrogens is 1. The standard InChI is InChI=1S/C18H24N4/c19-14-5-7-15(8-6-14)21-18-11-16(18)12-1-3-13(4-2-12)17-9-10-20-22-17/h1-4,9-10,14-16,18,21H,5-8,11,19H2,(H,20,22)/t14-,15+,16-,18?/m0/s1. The predicted octanol–water partition coefficient (Wildman–Crippen LogP) is 2.79. The van der Waals surface area contributed by atoms with E-state index in [9.17, 15) is 0 Å². The first kappa shape index (κ1) is 14.0. The van der Waals surface area contributed by atoms with Gasteiger partial charge in [-0.05, 0) is 49.3 Å². The molecule has 2 saturated carbocycles. The fourth-order valence-electron chi connectivity index (χ4n) is 3.66. The van der Waals surface area contributed by atoms with Gasteiger partial charge in [0, 0.05) is 30.2 Å². The summed E-state index contributed by atoms with van der Waals surface area (Å²) in [5, 5.41) is 10.9. The molecule has 2 aromatic rings. The third kappa shape index (κ3) is 2.94. The van der Waals surface area contributed by atoms with E-state index in [1.807, 2.05) is 6.07 Å². The van der Waals surface area contributed by atoms with Crippen molar-refractivity contribution >= 4 is 0 Å². The van der Waals surface area contributed by atoms with E-state index < -0.39 is 0 Å². The van der Waals surface area contributed by atoms with Crippen LogP contribution in [0, 0.1) is 0 Å². The smallest absolute Gasteiger partial charge is 0.0650 e. The normalized spacial score (nSPS) is 31.1. The fraction of sp³-hybridized carbons (Fsp3) is 0.500. The Morgan fingerprint density at radius 2 is 1.82 bits per heavy atom. The van der Waals surface area contributed by atoms with Gasteiger partial charge in [0.05, 0.1) is 5.69 Å².